The zero-order valence-corrected chi connectivity index (χ0v) is 18.2. The molecule has 0 aliphatic carbocycles. The third kappa shape index (κ3) is 6.22. The van der Waals surface area contributed by atoms with Gasteiger partial charge >= 0.3 is 12.1 Å². The number of hydrogen-bond donors (Lipinski definition) is 1. The highest BCUT2D eigenvalue weighted by atomic mass is 32.2. The molecule has 1 aliphatic heterocycles. The Morgan fingerprint density at radius 3 is 1.90 bits per heavy atom. The molecule has 158 valence electrons. The molecule has 9 heteroatoms. The van der Waals surface area contributed by atoms with E-state index in [-0.39, 0.29) is 5.75 Å². The molecule has 1 heterocycles. The lowest BCUT2D eigenvalue weighted by molar-refractivity contribution is -0.156. The van der Waals surface area contributed by atoms with Crippen molar-refractivity contribution in [2.24, 2.45) is 0 Å². The first-order valence-corrected chi connectivity index (χ1v) is 10.1. The molecular formula is C20H26N2O6S. The molecule has 1 aromatic rings. The Kier molecular flexibility index (Phi) is 6.62. The minimum absolute atomic E-state index is 0.0837. The topological polar surface area (TPSA) is 102 Å². The number of esters is 1. The maximum Gasteiger partial charge on any atom is 0.408 e. The highest BCUT2D eigenvalue weighted by Crippen LogP contribution is 2.28. The Morgan fingerprint density at radius 1 is 0.966 bits per heavy atom. The smallest absolute Gasteiger partial charge is 0.408 e. The fraction of sp³-hybridized carbons (Fsp3) is 0.500. The Balaban J connectivity index is 2.11. The summed E-state index contributed by atoms with van der Waals surface area (Å²) in [6.45, 7) is 10.2. The van der Waals surface area contributed by atoms with Gasteiger partial charge in [0.15, 0.2) is 0 Å². The largest absolute Gasteiger partial charge is 0.458 e. The maximum absolute atomic E-state index is 12.6. The van der Waals surface area contributed by atoms with Crippen molar-refractivity contribution in [2.75, 3.05) is 5.75 Å². The van der Waals surface area contributed by atoms with Crippen LogP contribution in [0.1, 0.15) is 62.3 Å². The van der Waals surface area contributed by atoms with E-state index in [1.54, 1.807) is 65.8 Å². The van der Waals surface area contributed by atoms with Crippen molar-refractivity contribution in [1.82, 2.24) is 9.62 Å². The van der Waals surface area contributed by atoms with Gasteiger partial charge in [0.05, 0.1) is 11.1 Å². The number of rotatable bonds is 5. The number of nitrogens with one attached hydrogen (secondary N) is 1. The second-order valence-corrected chi connectivity index (χ2v) is 9.43. The van der Waals surface area contributed by atoms with E-state index in [1.807, 2.05) is 0 Å². The Morgan fingerprint density at radius 2 is 1.45 bits per heavy atom. The van der Waals surface area contributed by atoms with Gasteiger partial charge in [-0.1, -0.05) is 12.1 Å². The fourth-order valence-electron chi connectivity index (χ4n) is 2.42. The molecule has 0 aromatic heterocycles. The third-order valence-corrected chi connectivity index (χ3v) is 4.58. The first-order chi connectivity index (χ1) is 13.3. The van der Waals surface area contributed by atoms with Crippen molar-refractivity contribution in [3.8, 4) is 0 Å². The zero-order chi connectivity index (χ0) is 22.0. The predicted octanol–water partition coefficient (Wildman–Crippen LogP) is 3.17. The molecule has 1 aromatic carbocycles. The summed E-state index contributed by atoms with van der Waals surface area (Å²) >= 11 is 0.842. The van der Waals surface area contributed by atoms with Crippen molar-refractivity contribution >= 4 is 35.8 Å². The molecule has 1 atom stereocenters. The summed E-state index contributed by atoms with van der Waals surface area (Å²) in [5.74, 6) is -1.70. The summed E-state index contributed by atoms with van der Waals surface area (Å²) < 4.78 is 11.5. The fourth-order valence-corrected chi connectivity index (χ4v) is 3.37. The molecule has 0 fully saturated rings. The van der Waals surface area contributed by atoms with Gasteiger partial charge in [-0.25, -0.2) is 13.9 Å². The van der Waals surface area contributed by atoms with Crippen LogP contribution in [0, 0.1) is 0 Å². The highest BCUT2D eigenvalue weighted by Gasteiger charge is 2.37. The van der Waals surface area contributed by atoms with Gasteiger partial charge in [-0.2, -0.15) is 0 Å². The molecule has 3 amide bonds. The number of fused-ring (bicyclic) bond motifs is 1. The maximum atomic E-state index is 12.6. The summed E-state index contributed by atoms with van der Waals surface area (Å²) in [4.78, 5) is 49.7. The Bertz CT molecular complexity index is 790. The van der Waals surface area contributed by atoms with Gasteiger partial charge in [0, 0.05) is 5.75 Å². The monoisotopic (exact) mass is 422 g/mol. The molecule has 0 saturated heterocycles. The number of carbonyl (C=O) groups excluding carboxylic acids is 4. The van der Waals surface area contributed by atoms with Crippen molar-refractivity contribution in [3.63, 3.8) is 0 Å². The molecule has 2 rings (SSSR count). The van der Waals surface area contributed by atoms with Gasteiger partial charge in [-0.3, -0.25) is 9.59 Å². The standard InChI is InChI=1S/C20H26N2O6S/c1-19(2,3)27-17(25)14(21-18(26)28-20(4,5)6)11-29-22-15(23)12-9-7-8-10-13(12)16(22)24/h7-10,14H,11H2,1-6H3,(H,21,26). The lowest BCUT2D eigenvalue weighted by Gasteiger charge is -2.26. The van der Waals surface area contributed by atoms with E-state index < -0.39 is 41.1 Å². The van der Waals surface area contributed by atoms with E-state index in [0.29, 0.717) is 11.1 Å². The van der Waals surface area contributed by atoms with Crippen molar-refractivity contribution < 1.29 is 28.7 Å². The molecule has 0 bridgehead atoms. The summed E-state index contributed by atoms with van der Waals surface area (Å²) in [5, 5.41) is 2.46. The normalized spacial score (nSPS) is 15.0. The van der Waals surface area contributed by atoms with Crippen LogP contribution in [0.5, 0.6) is 0 Å². The van der Waals surface area contributed by atoms with Crippen LogP contribution >= 0.6 is 11.9 Å². The number of carbonyl (C=O) groups is 4. The predicted molar refractivity (Wildman–Crippen MR) is 108 cm³/mol. The van der Waals surface area contributed by atoms with Crippen LogP contribution in [0.25, 0.3) is 0 Å². The summed E-state index contributed by atoms with van der Waals surface area (Å²) in [6.07, 6.45) is -0.795. The average molecular weight is 423 g/mol. The van der Waals surface area contributed by atoms with Gasteiger partial charge in [-0.05, 0) is 65.6 Å². The molecule has 0 saturated carbocycles. The number of hydrogen-bond acceptors (Lipinski definition) is 7. The van der Waals surface area contributed by atoms with Crippen LogP contribution in [0.15, 0.2) is 24.3 Å². The number of benzene rings is 1. The highest BCUT2D eigenvalue weighted by molar-refractivity contribution is 7.98. The van der Waals surface area contributed by atoms with Gasteiger partial charge in [-0.15, -0.1) is 0 Å². The number of amides is 3. The van der Waals surface area contributed by atoms with Gasteiger partial charge in [0.25, 0.3) is 11.8 Å². The van der Waals surface area contributed by atoms with E-state index in [1.165, 1.54) is 0 Å². The SMILES string of the molecule is CC(C)(C)OC(=O)NC(CSN1C(=O)c2ccccc2C1=O)C(=O)OC(C)(C)C. The Labute approximate surface area is 174 Å². The molecule has 0 radical (unpaired) electrons. The minimum atomic E-state index is -1.11. The lowest BCUT2D eigenvalue weighted by atomic mass is 10.1. The van der Waals surface area contributed by atoms with Crippen molar-refractivity contribution in [2.45, 2.75) is 58.8 Å². The lowest BCUT2D eigenvalue weighted by Crippen LogP contribution is -2.48. The van der Waals surface area contributed by atoms with Crippen LogP contribution in [-0.4, -0.2) is 51.2 Å². The first kappa shape index (κ1) is 22.7. The summed E-state index contributed by atoms with van der Waals surface area (Å²) in [7, 11) is 0. The summed E-state index contributed by atoms with van der Waals surface area (Å²) in [5.41, 5.74) is -0.915. The molecule has 0 spiro atoms. The quantitative estimate of drug-likeness (QED) is 0.442. The molecule has 1 unspecified atom stereocenters. The van der Waals surface area contributed by atoms with Gasteiger partial charge < -0.3 is 14.8 Å². The summed E-state index contributed by atoms with van der Waals surface area (Å²) in [6, 6.07) is 5.37. The molecule has 1 aliphatic rings. The minimum Gasteiger partial charge on any atom is -0.458 e. The van der Waals surface area contributed by atoms with E-state index in [2.05, 4.69) is 5.32 Å². The van der Waals surface area contributed by atoms with E-state index in [4.69, 9.17) is 9.47 Å². The van der Waals surface area contributed by atoms with Crippen LogP contribution in [0.2, 0.25) is 0 Å². The van der Waals surface area contributed by atoms with Crippen LogP contribution < -0.4 is 5.32 Å². The average Bonchev–Trinajstić information content (AvgIpc) is 2.80. The second-order valence-electron chi connectivity index (χ2n) is 8.48. The van der Waals surface area contributed by atoms with E-state index in [0.717, 1.165) is 16.3 Å². The molecular weight excluding hydrogens is 396 g/mol. The van der Waals surface area contributed by atoms with Gasteiger partial charge in [0.2, 0.25) is 0 Å². The zero-order valence-electron chi connectivity index (χ0n) is 17.4. The first-order valence-electron chi connectivity index (χ1n) is 9.11. The number of ether oxygens (including phenoxy) is 2. The number of nitrogens with zero attached hydrogens (tertiary/aromatic N) is 1. The second kappa shape index (κ2) is 8.44. The van der Waals surface area contributed by atoms with E-state index in [9.17, 15) is 19.2 Å². The van der Waals surface area contributed by atoms with Crippen molar-refractivity contribution in [1.29, 1.82) is 0 Å². The molecule has 8 nitrogen and oxygen atoms in total. The Hall–Kier alpha value is -2.55. The van der Waals surface area contributed by atoms with Crippen molar-refractivity contribution in [3.05, 3.63) is 35.4 Å². The number of imide groups is 1. The van der Waals surface area contributed by atoms with E-state index >= 15 is 0 Å². The van der Waals surface area contributed by atoms with Crippen LogP contribution in [0.4, 0.5) is 4.79 Å². The van der Waals surface area contributed by atoms with Gasteiger partial charge in [0.1, 0.15) is 17.2 Å². The number of alkyl carbamates (subject to hydrolysis) is 1. The van der Waals surface area contributed by atoms with Crippen LogP contribution in [0.3, 0.4) is 0 Å². The third-order valence-electron chi connectivity index (χ3n) is 3.51. The van der Waals surface area contributed by atoms with Crippen LogP contribution in [-0.2, 0) is 14.3 Å². The molecule has 1 N–H and O–H groups in total. The molecule has 29 heavy (non-hydrogen) atoms.